The second kappa shape index (κ2) is 5.89. The van der Waals surface area contributed by atoms with Crippen LogP contribution in [0, 0.1) is 35.5 Å². The Morgan fingerprint density at radius 2 is 1.52 bits per heavy atom. The summed E-state index contributed by atoms with van der Waals surface area (Å²) in [6, 6.07) is 16.0. The molecule has 1 saturated heterocycles. The normalized spacial score (nSPS) is 33.4. The van der Waals surface area contributed by atoms with Crippen LogP contribution < -0.4 is 10.2 Å². The lowest BCUT2D eigenvalue weighted by molar-refractivity contribution is -0.124. The lowest BCUT2D eigenvalue weighted by atomic mass is 9.63. The zero-order valence-corrected chi connectivity index (χ0v) is 15.7. The van der Waals surface area contributed by atoms with Crippen molar-refractivity contribution >= 4 is 29.1 Å². The zero-order valence-electron chi connectivity index (χ0n) is 15.7. The summed E-state index contributed by atoms with van der Waals surface area (Å²) < 4.78 is 0. The molecule has 2 bridgehead atoms. The van der Waals surface area contributed by atoms with Gasteiger partial charge in [-0.2, -0.15) is 0 Å². The number of hydrogen-bond donors (Lipinski definition) is 1. The monoisotopic (exact) mass is 384 g/mol. The van der Waals surface area contributed by atoms with Crippen LogP contribution in [0.3, 0.4) is 0 Å². The molecule has 5 heteroatoms. The number of imide groups is 1. The smallest absolute Gasteiger partial charge is 0.255 e. The minimum Gasteiger partial charge on any atom is -0.322 e. The highest BCUT2D eigenvalue weighted by Crippen LogP contribution is 2.65. The second-order valence-corrected chi connectivity index (χ2v) is 8.54. The van der Waals surface area contributed by atoms with Crippen molar-refractivity contribution in [1.29, 1.82) is 0 Å². The maximum absolute atomic E-state index is 13.2. The van der Waals surface area contributed by atoms with Crippen molar-refractivity contribution in [2.45, 2.75) is 6.42 Å². The number of anilines is 2. The molecule has 7 rings (SSSR count). The van der Waals surface area contributed by atoms with Crippen molar-refractivity contribution in [3.05, 3.63) is 72.3 Å². The largest absolute Gasteiger partial charge is 0.322 e. The summed E-state index contributed by atoms with van der Waals surface area (Å²) in [5.74, 6) is 0.596. The fraction of sp³-hybridized carbons (Fsp3) is 0.292. The molecule has 0 unspecified atom stereocenters. The molecule has 6 atom stereocenters. The van der Waals surface area contributed by atoms with E-state index >= 15 is 0 Å². The number of rotatable bonds is 3. The third-order valence-electron chi connectivity index (χ3n) is 7.06. The predicted molar refractivity (Wildman–Crippen MR) is 108 cm³/mol. The van der Waals surface area contributed by atoms with Crippen molar-refractivity contribution in [3.8, 4) is 0 Å². The number of nitrogens with zero attached hydrogens (tertiary/aromatic N) is 1. The van der Waals surface area contributed by atoms with Crippen LogP contribution in [0.4, 0.5) is 11.4 Å². The molecule has 3 fully saturated rings. The molecule has 5 nitrogen and oxygen atoms in total. The fourth-order valence-corrected chi connectivity index (χ4v) is 5.72. The molecule has 3 amide bonds. The van der Waals surface area contributed by atoms with Crippen molar-refractivity contribution in [2.75, 3.05) is 10.2 Å². The number of benzene rings is 2. The minimum atomic E-state index is -0.266. The summed E-state index contributed by atoms with van der Waals surface area (Å²) in [6.07, 6.45) is 5.47. The van der Waals surface area contributed by atoms with E-state index in [9.17, 15) is 14.4 Å². The third kappa shape index (κ3) is 2.36. The van der Waals surface area contributed by atoms with Crippen molar-refractivity contribution in [2.24, 2.45) is 35.5 Å². The first-order valence-electron chi connectivity index (χ1n) is 10.2. The molecule has 2 aromatic carbocycles. The lowest BCUT2D eigenvalue weighted by Crippen LogP contribution is -2.40. The number of allylic oxidation sites excluding steroid dienone is 2. The number of carbonyl (C=O) groups is 3. The molecule has 0 aromatic heterocycles. The molecule has 1 aliphatic heterocycles. The van der Waals surface area contributed by atoms with E-state index < -0.39 is 0 Å². The van der Waals surface area contributed by atoms with E-state index in [4.69, 9.17) is 0 Å². The number of amides is 3. The molecule has 0 spiro atoms. The third-order valence-corrected chi connectivity index (χ3v) is 7.06. The molecule has 144 valence electrons. The highest BCUT2D eigenvalue weighted by molar-refractivity contribution is 6.23. The first kappa shape index (κ1) is 16.7. The van der Waals surface area contributed by atoms with E-state index in [1.54, 1.807) is 24.3 Å². The summed E-state index contributed by atoms with van der Waals surface area (Å²) in [7, 11) is 0. The van der Waals surface area contributed by atoms with Gasteiger partial charge in [-0.3, -0.25) is 14.4 Å². The Kier molecular flexibility index (Phi) is 3.40. The molecule has 5 aliphatic rings. The molecule has 1 heterocycles. The standard InChI is InChI=1S/C24H20N2O3/c27-22(25-14-6-2-1-3-7-14)13-5-4-8-15(11-13)26-23(28)20-16-9-10-17(19-12-18(16)19)21(20)24(26)29/h1-11,16-21H,12H2,(H,25,27)/t16-,17+,18-,19+,20+,21-. The number of para-hydroxylation sites is 1. The zero-order chi connectivity index (χ0) is 19.7. The average molecular weight is 384 g/mol. The molecule has 4 aliphatic carbocycles. The van der Waals surface area contributed by atoms with Crippen LogP contribution in [-0.2, 0) is 9.59 Å². The SMILES string of the molecule is O=C(Nc1ccccc1)c1cccc(N2C(=O)[C@@H]3[C@H]4C=C[C@H]([C@H]5C[C@@H]45)[C@@H]3C2=O)c1. The average Bonchev–Trinajstić information content (AvgIpc) is 3.52. The van der Waals surface area contributed by atoms with Gasteiger partial charge in [0, 0.05) is 11.3 Å². The topological polar surface area (TPSA) is 66.5 Å². The van der Waals surface area contributed by atoms with Gasteiger partial charge in [0.2, 0.25) is 11.8 Å². The molecular weight excluding hydrogens is 364 g/mol. The molecular formula is C24H20N2O3. The van der Waals surface area contributed by atoms with Gasteiger partial charge < -0.3 is 5.32 Å². The van der Waals surface area contributed by atoms with Gasteiger partial charge in [-0.15, -0.1) is 0 Å². The van der Waals surface area contributed by atoms with E-state index in [1.807, 2.05) is 30.3 Å². The van der Waals surface area contributed by atoms with Gasteiger partial charge in [-0.25, -0.2) is 4.90 Å². The summed E-state index contributed by atoms with van der Waals surface area (Å²) >= 11 is 0. The molecule has 29 heavy (non-hydrogen) atoms. The van der Waals surface area contributed by atoms with Crippen LogP contribution in [0.1, 0.15) is 16.8 Å². The summed E-state index contributed by atoms with van der Waals surface area (Å²) in [4.78, 5) is 40.5. The van der Waals surface area contributed by atoms with Crippen LogP contribution in [-0.4, -0.2) is 17.7 Å². The van der Waals surface area contributed by atoms with E-state index in [0.29, 0.717) is 28.8 Å². The van der Waals surface area contributed by atoms with Gasteiger partial charge in [0.15, 0.2) is 0 Å². The maximum Gasteiger partial charge on any atom is 0.255 e. The van der Waals surface area contributed by atoms with E-state index in [0.717, 1.165) is 6.42 Å². The van der Waals surface area contributed by atoms with Gasteiger partial charge >= 0.3 is 0 Å². The Bertz CT molecular complexity index is 1040. The second-order valence-electron chi connectivity index (χ2n) is 8.54. The summed E-state index contributed by atoms with van der Waals surface area (Å²) in [5, 5.41) is 2.85. The lowest BCUT2D eigenvalue weighted by Gasteiger charge is -2.37. The number of nitrogens with one attached hydrogen (secondary N) is 1. The molecule has 2 aromatic rings. The van der Waals surface area contributed by atoms with Crippen LogP contribution in [0.25, 0.3) is 0 Å². The van der Waals surface area contributed by atoms with Crippen molar-refractivity contribution < 1.29 is 14.4 Å². The molecule has 0 radical (unpaired) electrons. The van der Waals surface area contributed by atoms with Crippen LogP contribution >= 0.6 is 0 Å². The highest BCUT2D eigenvalue weighted by Gasteiger charge is 2.67. The van der Waals surface area contributed by atoms with Gasteiger partial charge in [-0.05, 0) is 60.4 Å². The van der Waals surface area contributed by atoms with Crippen LogP contribution in [0.2, 0.25) is 0 Å². The van der Waals surface area contributed by atoms with Gasteiger partial charge in [0.1, 0.15) is 0 Å². The van der Waals surface area contributed by atoms with E-state index in [1.165, 1.54) is 4.90 Å². The summed E-state index contributed by atoms with van der Waals surface area (Å²) in [6.45, 7) is 0. The number of carbonyl (C=O) groups excluding carboxylic acids is 3. The first-order valence-corrected chi connectivity index (χ1v) is 10.2. The van der Waals surface area contributed by atoms with Crippen LogP contribution in [0.5, 0.6) is 0 Å². The Balaban J connectivity index is 1.30. The van der Waals surface area contributed by atoms with E-state index in [-0.39, 0.29) is 41.4 Å². The van der Waals surface area contributed by atoms with Crippen molar-refractivity contribution in [3.63, 3.8) is 0 Å². The highest BCUT2D eigenvalue weighted by atomic mass is 16.2. The predicted octanol–water partition coefficient (Wildman–Crippen LogP) is 3.50. The summed E-state index contributed by atoms with van der Waals surface area (Å²) in [5.41, 5.74) is 1.61. The van der Waals surface area contributed by atoms with Gasteiger partial charge in [0.25, 0.3) is 5.91 Å². The maximum atomic E-state index is 13.2. The Hall–Kier alpha value is -3.21. The van der Waals surface area contributed by atoms with Crippen molar-refractivity contribution in [1.82, 2.24) is 0 Å². The first-order chi connectivity index (χ1) is 14.1. The van der Waals surface area contributed by atoms with E-state index in [2.05, 4.69) is 17.5 Å². The Morgan fingerprint density at radius 3 is 2.17 bits per heavy atom. The Labute approximate surface area is 168 Å². The Morgan fingerprint density at radius 1 is 0.862 bits per heavy atom. The molecule has 2 saturated carbocycles. The van der Waals surface area contributed by atoms with Crippen LogP contribution in [0.15, 0.2) is 66.7 Å². The quantitative estimate of drug-likeness (QED) is 0.651. The fourth-order valence-electron chi connectivity index (χ4n) is 5.72. The molecule has 1 N–H and O–H groups in total. The number of hydrogen-bond acceptors (Lipinski definition) is 3. The minimum absolute atomic E-state index is 0.106. The van der Waals surface area contributed by atoms with Gasteiger partial charge in [0.05, 0.1) is 17.5 Å². The van der Waals surface area contributed by atoms with Gasteiger partial charge in [-0.1, -0.05) is 36.4 Å².